The lowest BCUT2D eigenvalue weighted by atomic mass is 10.1. The molecule has 0 unspecified atom stereocenters. The fourth-order valence-corrected chi connectivity index (χ4v) is 2.65. The number of aromatic nitrogens is 2. The quantitative estimate of drug-likeness (QED) is 0.847. The van der Waals surface area contributed by atoms with E-state index in [0.717, 1.165) is 38.4 Å². The zero-order valence-electron chi connectivity index (χ0n) is 13.2. The predicted molar refractivity (Wildman–Crippen MR) is 88.1 cm³/mol. The van der Waals surface area contributed by atoms with E-state index >= 15 is 0 Å². The minimum atomic E-state index is -0.360. The first-order chi connectivity index (χ1) is 11.7. The maximum Gasteiger partial charge on any atom is 0.308 e. The second kappa shape index (κ2) is 8.23. The fourth-order valence-electron chi connectivity index (χ4n) is 2.45. The van der Waals surface area contributed by atoms with Crippen LogP contribution in [0.4, 0.5) is 0 Å². The van der Waals surface area contributed by atoms with Crippen LogP contribution in [0.2, 0.25) is 5.02 Å². The number of nitrogens with zero attached hydrogens (tertiary/aromatic N) is 3. The minimum Gasteiger partial charge on any atom is -0.417 e. The Morgan fingerprint density at radius 3 is 2.83 bits per heavy atom. The molecule has 1 saturated heterocycles. The molecule has 1 aromatic carbocycles. The van der Waals surface area contributed by atoms with Crippen LogP contribution < -0.4 is 5.32 Å². The molecule has 128 valence electrons. The maximum atomic E-state index is 12.0. The van der Waals surface area contributed by atoms with Gasteiger partial charge in [-0.3, -0.25) is 9.69 Å². The molecule has 1 aliphatic rings. The third-order valence-electron chi connectivity index (χ3n) is 3.78. The summed E-state index contributed by atoms with van der Waals surface area (Å²) in [6.45, 7) is 4.56. The number of halogens is 1. The van der Waals surface area contributed by atoms with Crippen molar-refractivity contribution < 1.29 is 13.9 Å². The van der Waals surface area contributed by atoms with Gasteiger partial charge in [0.25, 0.3) is 0 Å². The summed E-state index contributed by atoms with van der Waals surface area (Å²) in [4.78, 5) is 14.3. The van der Waals surface area contributed by atoms with Crippen LogP contribution >= 0.6 is 11.6 Å². The zero-order chi connectivity index (χ0) is 16.8. The van der Waals surface area contributed by atoms with Crippen LogP contribution in [0.25, 0.3) is 0 Å². The largest absolute Gasteiger partial charge is 0.417 e. The molecule has 1 fully saturated rings. The van der Waals surface area contributed by atoms with Crippen LogP contribution in [0.5, 0.6) is 0 Å². The van der Waals surface area contributed by atoms with Gasteiger partial charge >= 0.3 is 11.8 Å². The Morgan fingerprint density at radius 1 is 1.25 bits per heavy atom. The molecule has 24 heavy (non-hydrogen) atoms. The molecule has 1 N–H and O–H groups in total. The van der Waals surface area contributed by atoms with Gasteiger partial charge in [-0.15, -0.1) is 10.2 Å². The number of amides is 1. The second-order valence-electron chi connectivity index (χ2n) is 5.48. The van der Waals surface area contributed by atoms with E-state index in [-0.39, 0.29) is 11.8 Å². The lowest BCUT2D eigenvalue weighted by molar-refractivity contribution is 0.0382. The highest BCUT2D eigenvalue weighted by Gasteiger charge is 2.16. The van der Waals surface area contributed by atoms with Gasteiger partial charge in [0.05, 0.1) is 19.6 Å². The standard InChI is InChI=1S/C16H19ClN4O3/c17-13-4-2-1-3-12(13)11-14-19-20-16(24-14)15(22)18-5-6-21-7-9-23-10-8-21/h1-4H,5-11H2,(H,18,22). The zero-order valence-corrected chi connectivity index (χ0v) is 14.0. The van der Waals surface area contributed by atoms with E-state index in [4.69, 9.17) is 20.8 Å². The summed E-state index contributed by atoms with van der Waals surface area (Å²) in [7, 11) is 0. The molecule has 0 aliphatic carbocycles. The summed E-state index contributed by atoms with van der Waals surface area (Å²) in [5, 5.41) is 11.1. The Morgan fingerprint density at radius 2 is 2.04 bits per heavy atom. The lowest BCUT2D eigenvalue weighted by Crippen LogP contribution is -2.41. The van der Waals surface area contributed by atoms with Crippen LogP contribution in [0.15, 0.2) is 28.7 Å². The molecule has 2 heterocycles. The number of morpholine rings is 1. The summed E-state index contributed by atoms with van der Waals surface area (Å²) in [6.07, 6.45) is 0.397. The van der Waals surface area contributed by atoms with Crippen molar-refractivity contribution in [3.63, 3.8) is 0 Å². The molecule has 3 rings (SSSR count). The van der Waals surface area contributed by atoms with Gasteiger partial charge in [0.1, 0.15) is 0 Å². The monoisotopic (exact) mass is 350 g/mol. The van der Waals surface area contributed by atoms with E-state index in [1.807, 2.05) is 18.2 Å². The highest BCUT2D eigenvalue weighted by atomic mass is 35.5. The molecule has 8 heteroatoms. The topological polar surface area (TPSA) is 80.5 Å². The van der Waals surface area contributed by atoms with E-state index < -0.39 is 0 Å². The SMILES string of the molecule is O=C(NCCN1CCOCC1)c1nnc(Cc2ccccc2Cl)o1. The lowest BCUT2D eigenvalue weighted by Gasteiger charge is -2.26. The number of rotatable bonds is 6. The molecule has 0 spiro atoms. The number of benzene rings is 1. The van der Waals surface area contributed by atoms with Gasteiger partial charge in [0.2, 0.25) is 5.89 Å². The summed E-state index contributed by atoms with van der Waals surface area (Å²) in [5.74, 6) is -0.0263. The van der Waals surface area contributed by atoms with E-state index in [9.17, 15) is 4.79 Å². The first kappa shape index (κ1) is 16.9. The molecule has 1 amide bonds. The number of nitrogens with one attached hydrogen (secondary N) is 1. The van der Waals surface area contributed by atoms with E-state index in [1.165, 1.54) is 0 Å². The van der Waals surface area contributed by atoms with Crippen molar-refractivity contribution in [2.24, 2.45) is 0 Å². The van der Waals surface area contributed by atoms with Gasteiger partial charge in [0, 0.05) is 31.2 Å². The van der Waals surface area contributed by atoms with Crippen molar-refractivity contribution in [1.82, 2.24) is 20.4 Å². The van der Waals surface area contributed by atoms with Crippen LogP contribution in [-0.2, 0) is 11.2 Å². The van der Waals surface area contributed by atoms with Crippen molar-refractivity contribution in [3.05, 3.63) is 46.6 Å². The Labute approximate surface area is 144 Å². The van der Waals surface area contributed by atoms with Crippen LogP contribution in [-0.4, -0.2) is 60.4 Å². The minimum absolute atomic E-state index is 0.0287. The maximum absolute atomic E-state index is 12.0. The van der Waals surface area contributed by atoms with Gasteiger partial charge in [-0.05, 0) is 11.6 Å². The number of carbonyl (C=O) groups excluding carboxylic acids is 1. The van der Waals surface area contributed by atoms with Crippen LogP contribution in [0, 0.1) is 0 Å². The summed E-state index contributed by atoms with van der Waals surface area (Å²) < 4.78 is 10.7. The molecule has 1 aromatic heterocycles. The molecule has 0 bridgehead atoms. The first-order valence-corrected chi connectivity index (χ1v) is 8.24. The molecular weight excluding hydrogens is 332 g/mol. The summed E-state index contributed by atoms with van der Waals surface area (Å²) in [5.41, 5.74) is 0.877. The van der Waals surface area contributed by atoms with Gasteiger partial charge in [-0.25, -0.2) is 0 Å². The Balaban J connectivity index is 1.49. The molecule has 1 aliphatic heterocycles. The average molecular weight is 351 g/mol. The van der Waals surface area contributed by atoms with Crippen molar-refractivity contribution in [1.29, 1.82) is 0 Å². The van der Waals surface area contributed by atoms with E-state index in [2.05, 4.69) is 20.4 Å². The van der Waals surface area contributed by atoms with Crippen molar-refractivity contribution in [3.8, 4) is 0 Å². The summed E-state index contributed by atoms with van der Waals surface area (Å²) in [6, 6.07) is 7.42. The average Bonchev–Trinajstić information content (AvgIpc) is 3.07. The van der Waals surface area contributed by atoms with Gasteiger partial charge in [-0.2, -0.15) is 0 Å². The molecule has 0 atom stereocenters. The molecule has 7 nitrogen and oxygen atoms in total. The van der Waals surface area contributed by atoms with Gasteiger partial charge in [-0.1, -0.05) is 29.8 Å². The highest BCUT2D eigenvalue weighted by molar-refractivity contribution is 6.31. The molecular formula is C16H19ClN4O3. The Hall–Kier alpha value is -1.96. The highest BCUT2D eigenvalue weighted by Crippen LogP contribution is 2.18. The number of carbonyl (C=O) groups is 1. The third kappa shape index (κ3) is 4.53. The third-order valence-corrected chi connectivity index (χ3v) is 4.15. The van der Waals surface area contributed by atoms with Crippen molar-refractivity contribution >= 4 is 17.5 Å². The normalized spacial score (nSPS) is 15.4. The smallest absolute Gasteiger partial charge is 0.308 e. The Bertz CT molecular complexity index is 685. The van der Waals surface area contributed by atoms with Crippen molar-refractivity contribution in [2.75, 3.05) is 39.4 Å². The number of hydrogen-bond acceptors (Lipinski definition) is 6. The second-order valence-corrected chi connectivity index (χ2v) is 5.89. The molecule has 0 radical (unpaired) electrons. The predicted octanol–water partition coefficient (Wildman–Crippen LogP) is 1.38. The van der Waals surface area contributed by atoms with E-state index in [1.54, 1.807) is 6.07 Å². The van der Waals surface area contributed by atoms with Crippen LogP contribution in [0.1, 0.15) is 22.1 Å². The Kier molecular flexibility index (Phi) is 5.79. The number of hydrogen-bond donors (Lipinski definition) is 1. The number of ether oxygens (including phenoxy) is 1. The summed E-state index contributed by atoms with van der Waals surface area (Å²) >= 11 is 6.10. The first-order valence-electron chi connectivity index (χ1n) is 7.86. The van der Waals surface area contributed by atoms with Gasteiger partial charge in [0.15, 0.2) is 0 Å². The fraction of sp³-hybridized carbons (Fsp3) is 0.438. The van der Waals surface area contributed by atoms with E-state index in [0.29, 0.717) is 23.9 Å². The molecule has 0 saturated carbocycles. The van der Waals surface area contributed by atoms with Gasteiger partial charge < -0.3 is 14.5 Å². The van der Waals surface area contributed by atoms with Crippen LogP contribution in [0.3, 0.4) is 0 Å². The van der Waals surface area contributed by atoms with Crippen molar-refractivity contribution in [2.45, 2.75) is 6.42 Å². The molecule has 2 aromatic rings.